The molecule has 0 saturated carbocycles. The van der Waals surface area contributed by atoms with E-state index in [-0.39, 0.29) is 5.91 Å². The number of carbonyl (C=O) groups excluding carboxylic acids is 1. The fourth-order valence-corrected chi connectivity index (χ4v) is 3.40. The highest BCUT2D eigenvalue weighted by Gasteiger charge is 2.23. The zero-order valence-corrected chi connectivity index (χ0v) is 10.9. The van der Waals surface area contributed by atoms with Crippen LogP contribution in [0.5, 0.6) is 0 Å². The first-order chi connectivity index (χ1) is 8.77. The number of thiophene rings is 1. The Labute approximate surface area is 109 Å². The molecule has 3 rings (SSSR count). The van der Waals surface area contributed by atoms with E-state index in [0.29, 0.717) is 10.6 Å². The fraction of sp³-hybridized carbons (Fsp3) is 0.385. The number of pyridine rings is 1. The molecular formula is C13H15N3OS. The Morgan fingerprint density at radius 2 is 2.11 bits per heavy atom. The van der Waals surface area contributed by atoms with Gasteiger partial charge in [0.25, 0.3) is 5.91 Å². The quantitative estimate of drug-likeness (QED) is 0.858. The lowest BCUT2D eigenvalue weighted by atomic mass is 10.1. The van der Waals surface area contributed by atoms with Crippen molar-refractivity contribution in [2.24, 2.45) is 0 Å². The zero-order chi connectivity index (χ0) is 12.5. The summed E-state index contributed by atoms with van der Waals surface area (Å²) in [6.45, 7) is 1.69. The lowest BCUT2D eigenvalue weighted by Crippen LogP contribution is -2.35. The molecule has 5 heteroatoms. The molecule has 3 heterocycles. The first-order valence-corrected chi connectivity index (χ1v) is 7.01. The van der Waals surface area contributed by atoms with E-state index >= 15 is 0 Å². The van der Waals surface area contributed by atoms with Gasteiger partial charge in [-0.05, 0) is 31.4 Å². The van der Waals surface area contributed by atoms with Crippen molar-refractivity contribution in [3.8, 4) is 0 Å². The lowest BCUT2D eigenvalue weighted by molar-refractivity contribution is 0.0730. The number of nitrogens with zero attached hydrogens (tertiary/aromatic N) is 2. The second-order valence-electron chi connectivity index (χ2n) is 4.55. The SMILES string of the molecule is Nc1c(C(=O)N2CCCCC2)sc2cccnc12. The smallest absolute Gasteiger partial charge is 0.266 e. The third-order valence-electron chi connectivity index (χ3n) is 3.32. The molecule has 94 valence electrons. The summed E-state index contributed by atoms with van der Waals surface area (Å²) in [5, 5.41) is 0. The van der Waals surface area contributed by atoms with Crippen LogP contribution in [0.3, 0.4) is 0 Å². The molecule has 2 N–H and O–H groups in total. The summed E-state index contributed by atoms with van der Waals surface area (Å²) >= 11 is 1.45. The van der Waals surface area contributed by atoms with Gasteiger partial charge < -0.3 is 10.6 Å². The van der Waals surface area contributed by atoms with E-state index in [1.54, 1.807) is 6.20 Å². The van der Waals surface area contributed by atoms with E-state index in [2.05, 4.69) is 4.98 Å². The Balaban J connectivity index is 1.98. The lowest BCUT2D eigenvalue weighted by Gasteiger charge is -2.26. The van der Waals surface area contributed by atoms with Crippen molar-refractivity contribution in [2.75, 3.05) is 18.8 Å². The molecule has 1 amide bonds. The van der Waals surface area contributed by atoms with E-state index in [1.807, 2.05) is 17.0 Å². The number of aromatic nitrogens is 1. The molecule has 1 aliphatic heterocycles. The number of amides is 1. The molecule has 0 atom stereocenters. The minimum absolute atomic E-state index is 0.0650. The number of fused-ring (bicyclic) bond motifs is 1. The highest BCUT2D eigenvalue weighted by molar-refractivity contribution is 7.21. The number of piperidine rings is 1. The number of hydrogen-bond donors (Lipinski definition) is 1. The average molecular weight is 261 g/mol. The molecule has 1 saturated heterocycles. The summed E-state index contributed by atoms with van der Waals surface area (Å²) in [5.41, 5.74) is 7.33. The second kappa shape index (κ2) is 4.57. The van der Waals surface area contributed by atoms with Crippen LogP contribution in [0, 0.1) is 0 Å². The minimum Gasteiger partial charge on any atom is -0.396 e. The Morgan fingerprint density at radius 3 is 2.83 bits per heavy atom. The normalized spacial score (nSPS) is 16.1. The van der Waals surface area contributed by atoms with Crippen molar-refractivity contribution >= 4 is 33.1 Å². The number of likely N-dealkylation sites (tertiary alicyclic amines) is 1. The van der Waals surface area contributed by atoms with Crippen molar-refractivity contribution in [3.05, 3.63) is 23.2 Å². The molecule has 0 aliphatic carbocycles. The maximum absolute atomic E-state index is 12.4. The van der Waals surface area contributed by atoms with Crippen LogP contribution in [-0.4, -0.2) is 28.9 Å². The molecule has 2 aromatic rings. The maximum atomic E-state index is 12.4. The zero-order valence-electron chi connectivity index (χ0n) is 10.1. The van der Waals surface area contributed by atoms with Gasteiger partial charge in [0.05, 0.1) is 10.4 Å². The van der Waals surface area contributed by atoms with Crippen LogP contribution in [0.2, 0.25) is 0 Å². The van der Waals surface area contributed by atoms with Crippen molar-refractivity contribution in [3.63, 3.8) is 0 Å². The van der Waals surface area contributed by atoms with Gasteiger partial charge in [-0.3, -0.25) is 9.78 Å². The van der Waals surface area contributed by atoms with Gasteiger partial charge in [0.1, 0.15) is 10.4 Å². The van der Waals surface area contributed by atoms with Crippen LogP contribution >= 0.6 is 11.3 Å². The van der Waals surface area contributed by atoms with Crippen molar-refractivity contribution < 1.29 is 4.79 Å². The predicted octanol–water partition coefficient (Wildman–Crippen LogP) is 2.50. The van der Waals surface area contributed by atoms with E-state index < -0.39 is 0 Å². The molecule has 0 aromatic carbocycles. The van der Waals surface area contributed by atoms with Gasteiger partial charge >= 0.3 is 0 Å². The summed E-state index contributed by atoms with van der Waals surface area (Å²) in [4.78, 5) is 19.2. The Bertz CT molecular complexity index is 587. The van der Waals surface area contributed by atoms with E-state index in [9.17, 15) is 4.79 Å². The van der Waals surface area contributed by atoms with Crippen molar-refractivity contribution in [1.29, 1.82) is 0 Å². The molecule has 2 aromatic heterocycles. The molecule has 1 fully saturated rings. The molecule has 18 heavy (non-hydrogen) atoms. The van der Waals surface area contributed by atoms with Crippen LogP contribution in [0.1, 0.15) is 28.9 Å². The molecule has 0 unspecified atom stereocenters. The van der Waals surface area contributed by atoms with Crippen LogP contribution in [0.4, 0.5) is 5.69 Å². The maximum Gasteiger partial charge on any atom is 0.266 e. The molecule has 0 spiro atoms. The predicted molar refractivity (Wildman–Crippen MR) is 73.8 cm³/mol. The van der Waals surface area contributed by atoms with Gasteiger partial charge in [-0.2, -0.15) is 0 Å². The standard InChI is InChI=1S/C13H15N3OS/c14-10-11-9(5-4-6-15-11)18-12(10)13(17)16-7-2-1-3-8-16/h4-6H,1-3,7-8,14H2. The minimum atomic E-state index is 0.0650. The topological polar surface area (TPSA) is 59.2 Å². The van der Waals surface area contributed by atoms with Crippen molar-refractivity contribution in [2.45, 2.75) is 19.3 Å². The summed E-state index contributed by atoms with van der Waals surface area (Å²) < 4.78 is 0.982. The van der Waals surface area contributed by atoms with Gasteiger partial charge in [-0.15, -0.1) is 11.3 Å². The number of nitrogens with two attached hydrogens (primary N) is 1. The van der Waals surface area contributed by atoms with Crippen LogP contribution in [-0.2, 0) is 0 Å². The van der Waals surface area contributed by atoms with Gasteiger partial charge in [-0.1, -0.05) is 0 Å². The molecule has 1 aliphatic rings. The summed E-state index contributed by atoms with van der Waals surface area (Å²) in [6, 6.07) is 3.82. The van der Waals surface area contributed by atoms with Crippen LogP contribution < -0.4 is 5.73 Å². The Kier molecular flexibility index (Phi) is 2.91. The summed E-state index contributed by atoms with van der Waals surface area (Å²) in [7, 11) is 0. The molecule has 0 radical (unpaired) electrons. The fourth-order valence-electron chi connectivity index (χ4n) is 2.35. The van der Waals surface area contributed by atoms with Crippen LogP contribution in [0.15, 0.2) is 18.3 Å². The van der Waals surface area contributed by atoms with E-state index in [1.165, 1.54) is 17.8 Å². The molecule has 0 bridgehead atoms. The molecular weight excluding hydrogens is 246 g/mol. The number of nitrogen functional groups attached to an aromatic ring is 1. The molecule has 4 nitrogen and oxygen atoms in total. The third kappa shape index (κ3) is 1.84. The second-order valence-corrected chi connectivity index (χ2v) is 5.60. The van der Waals surface area contributed by atoms with Gasteiger partial charge in [0.2, 0.25) is 0 Å². The average Bonchev–Trinajstić information content (AvgIpc) is 2.77. The summed E-state index contributed by atoms with van der Waals surface area (Å²) in [6.07, 6.45) is 5.11. The number of rotatable bonds is 1. The largest absolute Gasteiger partial charge is 0.396 e. The first-order valence-electron chi connectivity index (χ1n) is 6.19. The Hall–Kier alpha value is -1.62. The van der Waals surface area contributed by atoms with Crippen molar-refractivity contribution in [1.82, 2.24) is 9.88 Å². The Morgan fingerprint density at radius 1 is 1.33 bits per heavy atom. The number of carbonyl (C=O) groups is 1. The summed E-state index contributed by atoms with van der Waals surface area (Å²) in [5.74, 6) is 0.0650. The highest BCUT2D eigenvalue weighted by Crippen LogP contribution is 2.33. The number of anilines is 1. The van der Waals surface area contributed by atoms with Gasteiger partial charge in [0, 0.05) is 19.3 Å². The first kappa shape index (κ1) is 11.5. The monoisotopic (exact) mass is 261 g/mol. The van der Waals surface area contributed by atoms with E-state index in [4.69, 9.17) is 5.73 Å². The van der Waals surface area contributed by atoms with Gasteiger partial charge in [0.15, 0.2) is 0 Å². The van der Waals surface area contributed by atoms with Gasteiger partial charge in [-0.25, -0.2) is 0 Å². The third-order valence-corrected chi connectivity index (χ3v) is 4.47. The number of hydrogen-bond acceptors (Lipinski definition) is 4. The van der Waals surface area contributed by atoms with E-state index in [0.717, 1.165) is 36.1 Å². The van der Waals surface area contributed by atoms with Crippen LogP contribution in [0.25, 0.3) is 10.2 Å². The highest BCUT2D eigenvalue weighted by atomic mass is 32.1.